The molecule has 0 atom stereocenters. The third-order valence-electron chi connectivity index (χ3n) is 3.56. The molecule has 0 fully saturated rings. The van der Waals surface area contributed by atoms with Crippen molar-refractivity contribution < 1.29 is 35.5 Å². The molecule has 4 nitrogen and oxygen atoms in total. The van der Waals surface area contributed by atoms with Crippen molar-refractivity contribution in [3.63, 3.8) is 0 Å². The topological polar surface area (TPSA) is 70.5 Å². The van der Waals surface area contributed by atoms with Gasteiger partial charge in [-0.3, -0.25) is 0 Å². The predicted octanol–water partition coefficient (Wildman–Crippen LogP) is -4.80. The van der Waals surface area contributed by atoms with Crippen molar-refractivity contribution in [3.05, 3.63) is 83.4 Å². The number of nitrogens with one attached hydrogen (secondary N) is 2. The lowest BCUT2D eigenvalue weighted by atomic mass is 9.91. The highest BCUT2D eigenvalue weighted by Crippen LogP contribution is 2.28. The molecule has 3 rings (SSSR count). The summed E-state index contributed by atoms with van der Waals surface area (Å²) in [7, 11) is 0. The normalized spacial score (nSPS) is 10.0. The summed E-state index contributed by atoms with van der Waals surface area (Å²) in [6.45, 7) is 0.847. The molecule has 3 aromatic rings. The zero-order valence-corrected chi connectivity index (χ0v) is 14.2. The Morgan fingerprint density at radius 3 is 1.91 bits per heavy atom. The molecule has 122 valence electrons. The van der Waals surface area contributed by atoms with Gasteiger partial charge in [0.25, 0.3) is 5.82 Å². The first-order valence-corrected chi connectivity index (χ1v) is 7.24. The van der Waals surface area contributed by atoms with Crippen LogP contribution in [0.25, 0.3) is 0 Å². The number of halogens is 2. The van der Waals surface area contributed by atoms with Crippen LogP contribution < -0.4 is 35.5 Å². The minimum Gasteiger partial charge on any atom is -1.00 e. The number of quaternary nitrogens is 1. The molecule has 0 saturated carbocycles. The fourth-order valence-electron chi connectivity index (χ4n) is 2.57. The minimum atomic E-state index is 0. The Kier molecular flexibility index (Phi) is 7.75. The predicted molar refractivity (Wildman–Crippen MR) is 80.4 cm³/mol. The molecule has 0 aliphatic rings. The summed E-state index contributed by atoms with van der Waals surface area (Å²) in [6, 6.07) is 20.9. The van der Waals surface area contributed by atoms with Crippen molar-refractivity contribution in [1.29, 1.82) is 0 Å². The van der Waals surface area contributed by atoms with Gasteiger partial charge in [0, 0.05) is 5.10 Å². The molecule has 0 aliphatic heterocycles. The van der Waals surface area contributed by atoms with Gasteiger partial charge in [-0.25, -0.2) is 4.98 Å². The molecule has 0 saturated heterocycles. The number of hydrogen-bond donors (Lipinski definition) is 2. The number of aromatic nitrogens is 3. The average molecular weight is 351 g/mol. The molecule has 5 N–H and O–H groups in total. The Morgan fingerprint density at radius 2 is 1.43 bits per heavy atom. The molecule has 0 bridgehead atoms. The molecule has 0 unspecified atom stereocenters. The van der Waals surface area contributed by atoms with Gasteiger partial charge in [0.05, 0.1) is 13.0 Å². The van der Waals surface area contributed by atoms with E-state index in [2.05, 4.69) is 69.4 Å². The van der Waals surface area contributed by atoms with E-state index in [-0.39, 0.29) is 30.7 Å². The molecule has 6 heteroatoms. The first-order valence-electron chi connectivity index (χ1n) is 7.24. The lowest BCUT2D eigenvalue weighted by molar-refractivity contribution is -0.415. The van der Waals surface area contributed by atoms with Gasteiger partial charge in [0.2, 0.25) is 5.82 Å². The zero-order chi connectivity index (χ0) is 14.5. The summed E-state index contributed by atoms with van der Waals surface area (Å²) >= 11 is 0. The van der Waals surface area contributed by atoms with E-state index in [1.807, 2.05) is 12.1 Å². The number of benzene rings is 2. The second kappa shape index (κ2) is 9.30. The number of aromatic amines is 2. The molecule has 1 aromatic heterocycles. The molecule has 0 aliphatic carbocycles. The van der Waals surface area contributed by atoms with Gasteiger partial charge < -0.3 is 30.5 Å². The van der Waals surface area contributed by atoms with Crippen LogP contribution in [0.3, 0.4) is 0 Å². The summed E-state index contributed by atoms with van der Waals surface area (Å²) in [5.41, 5.74) is 6.34. The van der Waals surface area contributed by atoms with E-state index in [9.17, 15) is 0 Å². The summed E-state index contributed by atoms with van der Waals surface area (Å²) < 4.78 is 0. The molecule has 2 aromatic carbocycles. The monoisotopic (exact) mass is 350 g/mol. The van der Waals surface area contributed by atoms with Crippen LogP contribution in [0, 0.1) is 0 Å². The lowest BCUT2D eigenvalue weighted by Gasteiger charge is -2.11. The first-order chi connectivity index (χ1) is 10.4. The number of rotatable bonds is 5. The van der Waals surface area contributed by atoms with Crippen LogP contribution in [0.5, 0.6) is 0 Å². The van der Waals surface area contributed by atoms with Crippen LogP contribution in [0.2, 0.25) is 0 Å². The molecule has 0 amide bonds. The van der Waals surface area contributed by atoms with Gasteiger partial charge in [-0.15, -0.1) is 5.10 Å². The Bertz CT molecular complexity index is 647. The van der Waals surface area contributed by atoms with Crippen molar-refractivity contribution in [3.8, 4) is 0 Å². The molecule has 0 spiro atoms. The van der Waals surface area contributed by atoms with E-state index in [4.69, 9.17) is 0 Å². The SMILES string of the molecule is [Cl-].[Cl-].[NH3+]CCc1[nH]nc(C(c2ccccc2)c2ccccc2)[nH+]1. The van der Waals surface area contributed by atoms with Gasteiger partial charge in [-0.1, -0.05) is 60.7 Å². The van der Waals surface area contributed by atoms with Crippen molar-refractivity contribution in [1.82, 2.24) is 10.2 Å². The van der Waals surface area contributed by atoms with Gasteiger partial charge >= 0.3 is 0 Å². The second-order valence-electron chi connectivity index (χ2n) is 5.07. The maximum Gasteiger partial charge on any atom is 0.287 e. The van der Waals surface area contributed by atoms with Crippen molar-refractivity contribution in [2.24, 2.45) is 0 Å². The Balaban J connectivity index is 0.00000132. The molecule has 1 heterocycles. The summed E-state index contributed by atoms with van der Waals surface area (Å²) in [5.74, 6) is 2.08. The molecular weight excluding hydrogens is 331 g/mol. The maximum atomic E-state index is 4.48. The van der Waals surface area contributed by atoms with E-state index in [0.717, 1.165) is 24.6 Å². The number of hydrogen-bond acceptors (Lipinski definition) is 1. The van der Waals surface area contributed by atoms with E-state index in [1.54, 1.807) is 0 Å². The van der Waals surface area contributed by atoms with E-state index in [0.29, 0.717) is 0 Å². The highest BCUT2D eigenvalue weighted by Gasteiger charge is 2.25. The third-order valence-corrected chi connectivity index (χ3v) is 3.56. The smallest absolute Gasteiger partial charge is 0.287 e. The maximum absolute atomic E-state index is 4.48. The molecule has 0 radical (unpaired) electrons. The zero-order valence-electron chi connectivity index (χ0n) is 12.7. The minimum absolute atomic E-state index is 0. The lowest BCUT2D eigenvalue weighted by Crippen LogP contribution is -3.00. The molecule has 23 heavy (non-hydrogen) atoms. The van der Waals surface area contributed by atoms with Gasteiger partial charge in [0.15, 0.2) is 0 Å². The Morgan fingerprint density at radius 1 is 0.913 bits per heavy atom. The molecular formula is C17H20Cl2N4. The van der Waals surface area contributed by atoms with Gasteiger partial charge in [0.1, 0.15) is 5.92 Å². The quantitative estimate of drug-likeness (QED) is 0.476. The Hall–Kier alpha value is -1.88. The number of H-pyrrole nitrogens is 2. The first kappa shape index (κ1) is 19.2. The van der Waals surface area contributed by atoms with E-state index < -0.39 is 0 Å². The third kappa shape index (κ3) is 4.55. The number of nitrogens with zero attached hydrogens (tertiary/aromatic N) is 1. The van der Waals surface area contributed by atoms with Gasteiger partial charge in [-0.05, 0) is 11.1 Å². The highest BCUT2D eigenvalue weighted by atomic mass is 35.5. The standard InChI is InChI=1S/C17H18N4.2ClH/c18-12-11-15-19-17(21-20-15)16(13-7-3-1-4-8-13)14-9-5-2-6-10-14;;/h1-10,16H,11-12,18H2,(H,19,20,21);2*1H. The van der Waals surface area contributed by atoms with Crippen LogP contribution in [0.1, 0.15) is 28.7 Å². The van der Waals surface area contributed by atoms with Crippen LogP contribution in [-0.4, -0.2) is 16.7 Å². The van der Waals surface area contributed by atoms with Crippen molar-refractivity contribution >= 4 is 0 Å². The van der Waals surface area contributed by atoms with E-state index >= 15 is 0 Å². The van der Waals surface area contributed by atoms with Crippen LogP contribution in [0.4, 0.5) is 0 Å². The summed E-state index contributed by atoms with van der Waals surface area (Å²) in [6.07, 6.45) is 0.878. The van der Waals surface area contributed by atoms with Crippen LogP contribution >= 0.6 is 0 Å². The Labute approximate surface area is 148 Å². The van der Waals surface area contributed by atoms with Crippen molar-refractivity contribution in [2.45, 2.75) is 12.3 Å². The fourth-order valence-corrected chi connectivity index (χ4v) is 2.57. The van der Waals surface area contributed by atoms with Crippen LogP contribution in [0.15, 0.2) is 60.7 Å². The highest BCUT2D eigenvalue weighted by molar-refractivity contribution is 5.36. The second-order valence-corrected chi connectivity index (χ2v) is 5.07. The largest absolute Gasteiger partial charge is 1.00 e. The van der Waals surface area contributed by atoms with E-state index in [1.165, 1.54) is 11.1 Å². The summed E-state index contributed by atoms with van der Waals surface area (Å²) in [4.78, 5) is 3.40. The summed E-state index contributed by atoms with van der Waals surface area (Å²) in [5, 5.41) is 7.56. The van der Waals surface area contributed by atoms with Crippen molar-refractivity contribution in [2.75, 3.05) is 6.54 Å². The average Bonchev–Trinajstić information content (AvgIpc) is 2.98. The fraction of sp³-hybridized carbons (Fsp3) is 0.176. The van der Waals surface area contributed by atoms with Gasteiger partial charge in [-0.2, -0.15) is 0 Å². The van der Waals surface area contributed by atoms with Crippen LogP contribution in [-0.2, 0) is 6.42 Å².